The Morgan fingerprint density at radius 3 is 2.76 bits per heavy atom. The lowest BCUT2D eigenvalue weighted by Gasteiger charge is -2.17. The van der Waals surface area contributed by atoms with Crippen LogP contribution in [0.25, 0.3) is 11.3 Å². The third-order valence-electron chi connectivity index (χ3n) is 3.69. The van der Waals surface area contributed by atoms with Crippen LogP contribution in [0.5, 0.6) is 5.75 Å². The van der Waals surface area contributed by atoms with Crippen molar-refractivity contribution < 1.29 is 9.53 Å². The van der Waals surface area contributed by atoms with Crippen LogP contribution in [-0.2, 0) is 6.54 Å². The van der Waals surface area contributed by atoms with Crippen LogP contribution in [0.2, 0.25) is 0 Å². The van der Waals surface area contributed by atoms with Crippen LogP contribution >= 0.6 is 11.3 Å². The highest BCUT2D eigenvalue weighted by Gasteiger charge is 2.12. The maximum atomic E-state index is 12.4. The van der Waals surface area contributed by atoms with Gasteiger partial charge in [-0.25, -0.2) is 9.78 Å². The normalized spacial score (nSPS) is 10.3. The maximum absolute atomic E-state index is 12.4. The van der Waals surface area contributed by atoms with Crippen molar-refractivity contribution >= 4 is 22.5 Å². The molecule has 5 nitrogen and oxygen atoms in total. The SMILES string of the molecule is COc1cccc(CN(C)C(=O)Nc2nc(-c3ccccc3)cs2)c1. The fraction of sp³-hybridized carbons (Fsp3) is 0.158. The predicted molar refractivity (Wildman–Crippen MR) is 101 cm³/mol. The van der Waals surface area contributed by atoms with Gasteiger partial charge in [-0.3, -0.25) is 5.32 Å². The van der Waals surface area contributed by atoms with Crippen molar-refractivity contribution in [3.8, 4) is 17.0 Å². The molecular weight excluding hydrogens is 334 g/mol. The number of carbonyl (C=O) groups is 1. The van der Waals surface area contributed by atoms with Gasteiger partial charge < -0.3 is 9.64 Å². The minimum Gasteiger partial charge on any atom is -0.497 e. The van der Waals surface area contributed by atoms with Gasteiger partial charge in [0.05, 0.1) is 12.8 Å². The van der Waals surface area contributed by atoms with Gasteiger partial charge in [0.2, 0.25) is 0 Å². The quantitative estimate of drug-likeness (QED) is 0.736. The third-order valence-corrected chi connectivity index (χ3v) is 4.45. The Morgan fingerprint density at radius 1 is 1.20 bits per heavy atom. The number of nitrogens with zero attached hydrogens (tertiary/aromatic N) is 2. The summed E-state index contributed by atoms with van der Waals surface area (Å²) in [5.74, 6) is 0.777. The van der Waals surface area contributed by atoms with Crippen molar-refractivity contribution in [2.75, 3.05) is 19.5 Å². The van der Waals surface area contributed by atoms with Crippen LogP contribution in [0.15, 0.2) is 60.0 Å². The van der Waals surface area contributed by atoms with Crippen LogP contribution < -0.4 is 10.1 Å². The number of thiazole rings is 1. The molecule has 3 aromatic rings. The van der Waals surface area contributed by atoms with Gasteiger partial charge in [-0.15, -0.1) is 11.3 Å². The molecule has 1 heterocycles. The molecule has 1 aromatic heterocycles. The van der Waals surface area contributed by atoms with E-state index in [1.165, 1.54) is 11.3 Å². The number of aromatic nitrogens is 1. The molecule has 2 amide bonds. The first-order chi connectivity index (χ1) is 12.2. The van der Waals surface area contributed by atoms with Gasteiger partial charge in [0.25, 0.3) is 0 Å². The predicted octanol–water partition coefficient (Wildman–Crippen LogP) is 4.48. The molecule has 0 bridgehead atoms. The zero-order valence-corrected chi connectivity index (χ0v) is 14.9. The van der Waals surface area contributed by atoms with Crippen LogP contribution in [0, 0.1) is 0 Å². The average Bonchev–Trinajstić information content (AvgIpc) is 3.11. The van der Waals surface area contributed by atoms with Crippen LogP contribution in [0.3, 0.4) is 0 Å². The van der Waals surface area contributed by atoms with Gasteiger partial charge in [0, 0.05) is 24.5 Å². The fourth-order valence-electron chi connectivity index (χ4n) is 2.38. The van der Waals surface area contributed by atoms with E-state index < -0.39 is 0 Å². The van der Waals surface area contributed by atoms with E-state index in [2.05, 4.69) is 10.3 Å². The van der Waals surface area contributed by atoms with E-state index in [9.17, 15) is 4.79 Å². The minimum atomic E-state index is -0.197. The molecule has 6 heteroatoms. The van der Waals surface area contributed by atoms with Crippen LogP contribution in [-0.4, -0.2) is 30.1 Å². The first-order valence-electron chi connectivity index (χ1n) is 7.81. The molecule has 2 aromatic carbocycles. The van der Waals surface area contributed by atoms with Gasteiger partial charge in [-0.2, -0.15) is 0 Å². The summed E-state index contributed by atoms with van der Waals surface area (Å²) >= 11 is 1.41. The molecule has 0 spiro atoms. The number of amides is 2. The summed E-state index contributed by atoms with van der Waals surface area (Å²) in [5, 5.41) is 5.37. The molecule has 0 aliphatic rings. The minimum absolute atomic E-state index is 0.197. The molecule has 0 atom stereocenters. The lowest BCUT2D eigenvalue weighted by Crippen LogP contribution is -2.30. The number of hydrogen-bond acceptors (Lipinski definition) is 4. The second-order valence-electron chi connectivity index (χ2n) is 5.54. The molecule has 128 valence electrons. The second-order valence-corrected chi connectivity index (χ2v) is 6.40. The van der Waals surface area contributed by atoms with E-state index in [1.807, 2.05) is 60.0 Å². The first-order valence-corrected chi connectivity index (χ1v) is 8.69. The summed E-state index contributed by atoms with van der Waals surface area (Å²) < 4.78 is 5.21. The van der Waals surface area contributed by atoms with Gasteiger partial charge in [0.1, 0.15) is 5.75 Å². The lowest BCUT2D eigenvalue weighted by molar-refractivity contribution is 0.220. The van der Waals surface area contributed by atoms with Crippen LogP contribution in [0.4, 0.5) is 9.93 Å². The average molecular weight is 353 g/mol. The van der Waals surface area contributed by atoms with E-state index in [-0.39, 0.29) is 6.03 Å². The van der Waals surface area contributed by atoms with Gasteiger partial charge in [-0.1, -0.05) is 42.5 Å². The van der Waals surface area contributed by atoms with E-state index >= 15 is 0 Å². The van der Waals surface area contributed by atoms with Crippen molar-refractivity contribution in [3.63, 3.8) is 0 Å². The molecule has 0 unspecified atom stereocenters. The largest absolute Gasteiger partial charge is 0.497 e. The number of ether oxygens (including phenoxy) is 1. The molecular formula is C19H19N3O2S. The van der Waals surface area contributed by atoms with E-state index in [0.717, 1.165) is 22.6 Å². The number of hydrogen-bond donors (Lipinski definition) is 1. The monoisotopic (exact) mass is 353 g/mol. The highest BCUT2D eigenvalue weighted by atomic mass is 32.1. The maximum Gasteiger partial charge on any atom is 0.323 e. The molecule has 25 heavy (non-hydrogen) atoms. The molecule has 1 N–H and O–H groups in total. The summed E-state index contributed by atoms with van der Waals surface area (Å²) in [4.78, 5) is 18.5. The van der Waals surface area contributed by atoms with Gasteiger partial charge in [0.15, 0.2) is 5.13 Å². The fourth-order valence-corrected chi connectivity index (χ4v) is 3.09. The van der Waals surface area contributed by atoms with E-state index in [1.54, 1.807) is 19.1 Å². The van der Waals surface area contributed by atoms with Crippen molar-refractivity contribution in [1.29, 1.82) is 0 Å². The smallest absolute Gasteiger partial charge is 0.323 e. The van der Waals surface area contributed by atoms with Crippen molar-refractivity contribution in [2.24, 2.45) is 0 Å². The summed E-state index contributed by atoms with van der Waals surface area (Å²) in [5.41, 5.74) is 2.89. The first kappa shape index (κ1) is 17.0. The molecule has 0 saturated heterocycles. The van der Waals surface area contributed by atoms with E-state index in [4.69, 9.17) is 4.74 Å². The van der Waals surface area contributed by atoms with E-state index in [0.29, 0.717) is 11.7 Å². The number of carbonyl (C=O) groups excluding carboxylic acids is 1. The Morgan fingerprint density at radius 2 is 2.00 bits per heavy atom. The van der Waals surface area contributed by atoms with Crippen molar-refractivity contribution in [1.82, 2.24) is 9.88 Å². The summed E-state index contributed by atoms with van der Waals surface area (Å²) in [6.45, 7) is 0.486. The molecule has 0 fully saturated rings. The molecule has 3 rings (SSSR count). The highest BCUT2D eigenvalue weighted by Crippen LogP contribution is 2.24. The molecule has 0 aliphatic carbocycles. The number of nitrogens with one attached hydrogen (secondary N) is 1. The molecule has 0 saturated carbocycles. The summed E-state index contributed by atoms with van der Waals surface area (Å²) in [7, 11) is 3.38. The Kier molecular flexibility index (Phi) is 5.30. The number of anilines is 1. The molecule has 0 radical (unpaired) electrons. The van der Waals surface area contributed by atoms with Crippen molar-refractivity contribution in [3.05, 3.63) is 65.5 Å². The summed E-state index contributed by atoms with van der Waals surface area (Å²) in [6, 6.07) is 17.4. The second kappa shape index (κ2) is 7.81. The topological polar surface area (TPSA) is 54.5 Å². The Balaban J connectivity index is 1.62. The lowest BCUT2D eigenvalue weighted by atomic mass is 10.2. The third kappa shape index (κ3) is 4.36. The standard InChI is InChI=1S/C19H19N3O2S/c1-22(12-14-7-6-10-16(11-14)24-2)19(23)21-18-20-17(13-25-18)15-8-4-3-5-9-15/h3-11,13H,12H2,1-2H3,(H,20,21,23). The summed E-state index contributed by atoms with van der Waals surface area (Å²) in [6.07, 6.45) is 0. The highest BCUT2D eigenvalue weighted by molar-refractivity contribution is 7.14. The van der Waals surface area contributed by atoms with Crippen molar-refractivity contribution in [2.45, 2.75) is 6.54 Å². The Labute approximate surface area is 150 Å². The van der Waals surface area contributed by atoms with Gasteiger partial charge in [-0.05, 0) is 17.7 Å². The number of urea groups is 1. The number of methoxy groups -OCH3 is 1. The number of benzene rings is 2. The zero-order chi connectivity index (χ0) is 17.6. The number of rotatable bonds is 5. The zero-order valence-electron chi connectivity index (χ0n) is 14.1. The Hall–Kier alpha value is -2.86. The molecule has 0 aliphatic heterocycles. The Bertz CT molecular complexity index is 849. The van der Waals surface area contributed by atoms with Crippen LogP contribution in [0.1, 0.15) is 5.56 Å². The van der Waals surface area contributed by atoms with Gasteiger partial charge >= 0.3 is 6.03 Å².